The predicted octanol–water partition coefficient (Wildman–Crippen LogP) is 2.87. The van der Waals surface area contributed by atoms with Gasteiger partial charge in [0.2, 0.25) is 0 Å². The van der Waals surface area contributed by atoms with Crippen LogP contribution < -0.4 is 10.1 Å². The van der Waals surface area contributed by atoms with Crippen molar-refractivity contribution in [2.45, 2.75) is 32.2 Å². The van der Waals surface area contributed by atoms with Crippen LogP contribution in [0.4, 0.5) is 0 Å². The van der Waals surface area contributed by atoms with Crippen LogP contribution in [-0.2, 0) is 4.74 Å². The molecule has 0 aliphatic carbocycles. The molecule has 0 spiro atoms. The number of unbranched alkanes of at least 4 members (excludes halogenated alkanes) is 2. The van der Waals surface area contributed by atoms with Crippen LogP contribution in [0.1, 0.15) is 37.8 Å². The number of ether oxygens (including phenoxy) is 2. The fraction of sp³-hybridized carbons (Fsp3) is 0.600. The van der Waals surface area contributed by atoms with E-state index in [4.69, 9.17) is 9.47 Å². The lowest BCUT2D eigenvalue weighted by atomic mass is 10.1. The first-order valence-corrected chi connectivity index (χ1v) is 6.78. The Morgan fingerprint density at radius 3 is 2.68 bits per heavy atom. The number of methoxy groups -OCH3 is 2. The standard InChI is InChI=1S/C15H25NO3/c1-12(16-9-5-4-6-10-18-2)14-11-13(19-3)7-8-15(14)17/h7-8,11-12,16-17H,4-6,9-10H2,1-3H3. The third-order valence-electron chi connectivity index (χ3n) is 3.18. The Kier molecular flexibility index (Phi) is 7.30. The molecule has 108 valence electrons. The second kappa shape index (κ2) is 8.77. The number of aromatic hydroxyl groups is 1. The van der Waals surface area contributed by atoms with Crippen LogP contribution in [0.15, 0.2) is 18.2 Å². The van der Waals surface area contributed by atoms with Gasteiger partial charge in [0.25, 0.3) is 0 Å². The lowest BCUT2D eigenvalue weighted by Gasteiger charge is -2.16. The van der Waals surface area contributed by atoms with Gasteiger partial charge in [0, 0.05) is 25.3 Å². The van der Waals surface area contributed by atoms with Crippen molar-refractivity contribution in [2.24, 2.45) is 0 Å². The van der Waals surface area contributed by atoms with E-state index < -0.39 is 0 Å². The van der Waals surface area contributed by atoms with E-state index in [9.17, 15) is 5.11 Å². The number of hydrogen-bond acceptors (Lipinski definition) is 4. The fourth-order valence-electron chi connectivity index (χ4n) is 1.98. The molecule has 1 atom stereocenters. The lowest BCUT2D eigenvalue weighted by Crippen LogP contribution is -2.20. The number of hydrogen-bond donors (Lipinski definition) is 2. The maximum atomic E-state index is 9.86. The molecule has 0 aliphatic rings. The smallest absolute Gasteiger partial charge is 0.120 e. The maximum absolute atomic E-state index is 9.86. The van der Waals surface area contributed by atoms with Gasteiger partial charge in [-0.2, -0.15) is 0 Å². The summed E-state index contributed by atoms with van der Waals surface area (Å²) in [4.78, 5) is 0. The number of rotatable bonds is 9. The summed E-state index contributed by atoms with van der Waals surface area (Å²) in [5, 5.41) is 13.3. The largest absolute Gasteiger partial charge is 0.508 e. The summed E-state index contributed by atoms with van der Waals surface area (Å²) in [6.45, 7) is 3.80. The summed E-state index contributed by atoms with van der Waals surface area (Å²) in [6.07, 6.45) is 3.35. The molecule has 0 radical (unpaired) electrons. The number of benzene rings is 1. The molecule has 1 unspecified atom stereocenters. The topological polar surface area (TPSA) is 50.7 Å². The zero-order valence-corrected chi connectivity index (χ0v) is 12.1. The van der Waals surface area contributed by atoms with Crippen molar-refractivity contribution in [3.63, 3.8) is 0 Å². The first kappa shape index (κ1) is 15.8. The molecule has 1 aromatic carbocycles. The van der Waals surface area contributed by atoms with Crippen molar-refractivity contribution >= 4 is 0 Å². The molecule has 0 heterocycles. The molecule has 0 aromatic heterocycles. The van der Waals surface area contributed by atoms with E-state index in [1.165, 1.54) is 0 Å². The Morgan fingerprint density at radius 2 is 2.00 bits per heavy atom. The van der Waals surface area contributed by atoms with Crippen LogP contribution in [0.2, 0.25) is 0 Å². The molecular formula is C15H25NO3. The number of nitrogens with one attached hydrogen (secondary N) is 1. The van der Waals surface area contributed by atoms with Crippen molar-refractivity contribution < 1.29 is 14.6 Å². The third-order valence-corrected chi connectivity index (χ3v) is 3.18. The van der Waals surface area contributed by atoms with Crippen molar-refractivity contribution in [3.05, 3.63) is 23.8 Å². The van der Waals surface area contributed by atoms with Crippen LogP contribution in [0.5, 0.6) is 11.5 Å². The molecule has 1 aromatic rings. The minimum Gasteiger partial charge on any atom is -0.508 e. The summed E-state index contributed by atoms with van der Waals surface area (Å²) < 4.78 is 10.2. The average Bonchev–Trinajstić information content (AvgIpc) is 2.43. The van der Waals surface area contributed by atoms with Gasteiger partial charge in [-0.15, -0.1) is 0 Å². The Balaban J connectivity index is 2.38. The molecule has 4 nitrogen and oxygen atoms in total. The lowest BCUT2D eigenvalue weighted by molar-refractivity contribution is 0.192. The van der Waals surface area contributed by atoms with Crippen LogP contribution in [0, 0.1) is 0 Å². The zero-order valence-electron chi connectivity index (χ0n) is 12.1. The molecule has 0 saturated carbocycles. The van der Waals surface area contributed by atoms with E-state index in [2.05, 4.69) is 5.32 Å². The molecular weight excluding hydrogens is 242 g/mol. The molecule has 0 saturated heterocycles. The van der Waals surface area contributed by atoms with E-state index in [-0.39, 0.29) is 6.04 Å². The molecule has 2 N–H and O–H groups in total. The summed E-state index contributed by atoms with van der Waals surface area (Å²) in [5.74, 6) is 1.07. The van der Waals surface area contributed by atoms with Gasteiger partial charge in [0.15, 0.2) is 0 Å². The van der Waals surface area contributed by atoms with Crippen molar-refractivity contribution in [1.82, 2.24) is 5.32 Å². The second-order valence-corrected chi connectivity index (χ2v) is 4.65. The van der Waals surface area contributed by atoms with Gasteiger partial charge in [0.1, 0.15) is 11.5 Å². The van der Waals surface area contributed by atoms with E-state index in [1.807, 2.05) is 13.0 Å². The van der Waals surface area contributed by atoms with Crippen LogP contribution in [-0.4, -0.2) is 32.5 Å². The van der Waals surface area contributed by atoms with Gasteiger partial charge < -0.3 is 19.9 Å². The average molecular weight is 267 g/mol. The van der Waals surface area contributed by atoms with E-state index in [0.717, 1.165) is 43.7 Å². The highest BCUT2D eigenvalue weighted by atomic mass is 16.5. The van der Waals surface area contributed by atoms with Crippen LogP contribution in [0.25, 0.3) is 0 Å². The summed E-state index contributed by atoms with van der Waals surface area (Å²) in [7, 11) is 3.36. The maximum Gasteiger partial charge on any atom is 0.120 e. The fourth-order valence-corrected chi connectivity index (χ4v) is 1.98. The highest BCUT2D eigenvalue weighted by molar-refractivity contribution is 5.41. The first-order valence-electron chi connectivity index (χ1n) is 6.78. The Hall–Kier alpha value is -1.26. The molecule has 1 rings (SSSR count). The van der Waals surface area contributed by atoms with Gasteiger partial charge >= 0.3 is 0 Å². The summed E-state index contributed by atoms with van der Waals surface area (Å²) >= 11 is 0. The summed E-state index contributed by atoms with van der Waals surface area (Å²) in [5.41, 5.74) is 0.872. The number of phenols is 1. The predicted molar refractivity (Wildman–Crippen MR) is 76.8 cm³/mol. The highest BCUT2D eigenvalue weighted by Gasteiger charge is 2.10. The molecule has 0 aliphatic heterocycles. The van der Waals surface area contributed by atoms with Gasteiger partial charge in [-0.3, -0.25) is 0 Å². The van der Waals surface area contributed by atoms with E-state index >= 15 is 0 Å². The quantitative estimate of drug-likeness (QED) is 0.675. The van der Waals surface area contributed by atoms with Gasteiger partial charge in [0.05, 0.1) is 7.11 Å². The van der Waals surface area contributed by atoms with Gasteiger partial charge in [-0.1, -0.05) is 0 Å². The minimum absolute atomic E-state index is 0.109. The molecule has 0 amide bonds. The van der Waals surface area contributed by atoms with Gasteiger partial charge in [-0.25, -0.2) is 0 Å². The Morgan fingerprint density at radius 1 is 1.21 bits per heavy atom. The number of phenolic OH excluding ortho intramolecular Hbond substituents is 1. The van der Waals surface area contributed by atoms with E-state index in [1.54, 1.807) is 26.4 Å². The van der Waals surface area contributed by atoms with Crippen molar-refractivity contribution in [1.29, 1.82) is 0 Å². The van der Waals surface area contributed by atoms with Crippen molar-refractivity contribution in [3.8, 4) is 11.5 Å². The minimum atomic E-state index is 0.109. The highest BCUT2D eigenvalue weighted by Crippen LogP contribution is 2.28. The van der Waals surface area contributed by atoms with Gasteiger partial charge in [-0.05, 0) is 50.9 Å². The zero-order chi connectivity index (χ0) is 14.1. The molecule has 0 fully saturated rings. The normalized spacial score (nSPS) is 12.4. The van der Waals surface area contributed by atoms with Crippen LogP contribution >= 0.6 is 0 Å². The first-order chi connectivity index (χ1) is 9.19. The molecule has 4 heteroatoms. The van der Waals surface area contributed by atoms with Crippen molar-refractivity contribution in [2.75, 3.05) is 27.4 Å². The SMILES string of the molecule is COCCCCCNC(C)c1cc(OC)ccc1O. The monoisotopic (exact) mass is 267 g/mol. The molecule has 19 heavy (non-hydrogen) atoms. The summed E-state index contributed by atoms with van der Waals surface area (Å²) in [6, 6.07) is 5.41. The Labute approximate surface area is 115 Å². The second-order valence-electron chi connectivity index (χ2n) is 4.65. The van der Waals surface area contributed by atoms with Crippen LogP contribution in [0.3, 0.4) is 0 Å². The molecule has 0 bridgehead atoms. The third kappa shape index (κ3) is 5.49. The Bertz CT molecular complexity index is 368. The van der Waals surface area contributed by atoms with E-state index in [0.29, 0.717) is 5.75 Å².